The number of hydrogen-bond donors (Lipinski definition) is 1. The molecule has 0 aliphatic heterocycles. The average molecular weight is 324 g/mol. The molecule has 3 aromatic rings. The fraction of sp³-hybridized carbons (Fsp3) is 0. The van der Waals surface area contributed by atoms with Gasteiger partial charge in [0.25, 0.3) is 0 Å². The zero-order chi connectivity index (χ0) is 12.7. The lowest BCUT2D eigenvalue weighted by Gasteiger charge is -2.02. The molecule has 0 spiro atoms. The lowest BCUT2D eigenvalue weighted by Crippen LogP contribution is -1.91. The molecule has 90 valence electrons. The summed E-state index contributed by atoms with van der Waals surface area (Å²) < 4.78 is 6.49. The van der Waals surface area contributed by atoms with Crippen LogP contribution in [0, 0.1) is 0 Å². The second-order valence-corrected chi connectivity index (χ2v) is 5.07. The minimum Gasteiger partial charge on any atom is -0.434 e. The molecule has 0 bridgehead atoms. The van der Waals surface area contributed by atoms with Crippen LogP contribution in [-0.2, 0) is 0 Å². The van der Waals surface area contributed by atoms with Gasteiger partial charge >= 0.3 is 0 Å². The molecule has 0 saturated heterocycles. The van der Waals surface area contributed by atoms with Crippen molar-refractivity contribution >= 4 is 44.3 Å². The maximum atomic E-state index is 6.05. The molecule has 2 N–H and O–H groups in total. The van der Waals surface area contributed by atoms with E-state index in [0.29, 0.717) is 22.2 Å². The number of rotatable bonds is 1. The van der Waals surface area contributed by atoms with Crippen LogP contribution in [0.5, 0.6) is 0 Å². The third-order valence-corrected chi connectivity index (χ3v) is 3.64. The first kappa shape index (κ1) is 11.6. The van der Waals surface area contributed by atoms with Crippen molar-refractivity contribution in [2.45, 2.75) is 0 Å². The third kappa shape index (κ3) is 1.78. The van der Waals surface area contributed by atoms with E-state index in [1.807, 2.05) is 30.3 Å². The van der Waals surface area contributed by atoms with Gasteiger partial charge in [-0.05, 0) is 40.2 Å². The summed E-state index contributed by atoms with van der Waals surface area (Å²) in [6, 6.07) is 11.1. The Labute approximate surface area is 117 Å². The Morgan fingerprint density at radius 3 is 2.72 bits per heavy atom. The Bertz CT molecular complexity index is 739. The zero-order valence-corrected chi connectivity index (χ0v) is 11.5. The van der Waals surface area contributed by atoms with Gasteiger partial charge in [0, 0.05) is 4.47 Å². The van der Waals surface area contributed by atoms with Crippen LogP contribution in [0.1, 0.15) is 0 Å². The number of oxazole rings is 1. The molecule has 0 unspecified atom stereocenters. The number of anilines is 1. The minimum absolute atomic E-state index is 0.469. The molecule has 0 saturated carbocycles. The summed E-state index contributed by atoms with van der Waals surface area (Å²) in [5.74, 6) is 0.469. The third-order valence-electron chi connectivity index (χ3n) is 2.65. The molecule has 3 rings (SSSR count). The fourth-order valence-electron chi connectivity index (χ4n) is 1.75. The molecule has 0 amide bonds. The molecule has 0 radical (unpaired) electrons. The van der Waals surface area contributed by atoms with Gasteiger partial charge in [-0.25, -0.2) is 4.98 Å². The zero-order valence-electron chi connectivity index (χ0n) is 9.15. The Morgan fingerprint density at radius 1 is 1.17 bits per heavy atom. The highest BCUT2D eigenvalue weighted by molar-refractivity contribution is 9.10. The van der Waals surface area contributed by atoms with Crippen LogP contribution in [0.3, 0.4) is 0 Å². The number of nitrogens with two attached hydrogens (primary N) is 1. The number of benzene rings is 2. The van der Waals surface area contributed by atoms with Crippen molar-refractivity contribution in [3.05, 3.63) is 45.9 Å². The minimum atomic E-state index is 0.469. The molecule has 3 nitrogen and oxygen atoms in total. The van der Waals surface area contributed by atoms with Gasteiger partial charge in [0.15, 0.2) is 5.58 Å². The van der Waals surface area contributed by atoms with E-state index in [1.165, 1.54) is 0 Å². The first-order valence-corrected chi connectivity index (χ1v) is 6.43. The molecular formula is C13H8BrClN2O. The number of halogens is 2. The Balaban J connectivity index is 2.26. The summed E-state index contributed by atoms with van der Waals surface area (Å²) >= 11 is 9.44. The predicted molar refractivity (Wildman–Crippen MR) is 76.6 cm³/mol. The summed E-state index contributed by atoms with van der Waals surface area (Å²) in [4.78, 5) is 4.39. The van der Waals surface area contributed by atoms with Crippen molar-refractivity contribution in [1.82, 2.24) is 4.98 Å². The first-order valence-electron chi connectivity index (χ1n) is 5.26. The summed E-state index contributed by atoms with van der Waals surface area (Å²) in [7, 11) is 0. The van der Waals surface area contributed by atoms with Crippen LogP contribution in [0.15, 0.2) is 45.3 Å². The van der Waals surface area contributed by atoms with Crippen molar-refractivity contribution in [2.24, 2.45) is 0 Å². The molecule has 18 heavy (non-hydrogen) atoms. The molecule has 0 fully saturated rings. The van der Waals surface area contributed by atoms with Crippen molar-refractivity contribution in [1.29, 1.82) is 0 Å². The van der Waals surface area contributed by atoms with Crippen molar-refractivity contribution in [3.8, 4) is 11.5 Å². The fourth-order valence-corrected chi connectivity index (χ4v) is 2.33. The van der Waals surface area contributed by atoms with E-state index in [0.717, 1.165) is 15.6 Å². The molecule has 5 heteroatoms. The standard InChI is InChI=1S/C13H8BrClN2O/c14-8-4-1-3-7(11(8)16)13-17-10-6-2-5-9(15)12(10)18-13/h1-6H,16H2. The van der Waals surface area contributed by atoms with Gasteiger partial charge < -0.3 is 10.2 Å². The molecule has 0 atom stereocenters. The van der Waals surface area contributed by atoms with E-state index in [-0.39, 0.29) is 0 Å². The number of fused-ring (bicyclic) bond motifs is 1. The normalized spacial score (nSPS) is 11.0. The van der Waals surface area contributed by atoms with E-state index in [4.69, 9.17) is 21.8 Å². The highest BCUT2D eigenvalue weighted by Crippen LogP contribution is 2.34. The predicted octanol–water partition coefficient (Wildman–Crippen LogP) is 4.49. The number of nitrogen functional groups attached to an aromatic ring is 1. The Kier molecular flexibility index (Phi) is 2.76. The van der Waals surface area contributed by atoms with Crippen LogP contribution in [-0.4, -0.2) is 4.98 Å². The second kappa shape index (κ2) is 4.30. The summed E-state index contributed by atoms with van der Waals surface area (Å²) in [5, 5.41) is 0.541. The van der Waals surface area contributed by atoms with Gasteiger partial charge in [0.05, 0.1) is 16.3 Å². The van der Waals surface area contributed by atoms with E-state index >= 15 is 0 Å². The molecular weight excluding hydrogens is 316 g/mol. The largest absolute Gasteiger partial charge is 0.434 e. The maximum Gasteiger partial charge on any atom is 0.229 e. The van der Waals surface area contributed by atoms with Gasteiger partial charge in [-0.3, -0.25) is 0 Å². The van der Waals surface area contributed by atoms with Gasteiger partial charge in [0.2, 0.25) is 5.89 Å². The molecule has 1 aromatic heterocycles. The van der Waals surface area contributed by atoms with Crippen molar-refractivity contribution in [3.63, 3.8) is 0 Å². The lowest BCUT2D eigenvalue weighted by molar-refractivity contribution is 0.620. The van der Waals surface area contributed by atoms with Gasteiger partial charge in [-0.2, -0.15) is 0 Å². The number of aromatic nitrogens is 1. The number of hydrogen-bond acceptors (Lipinski definition) is 3. The Hall–Kier alpha value is -1.52. The highest BCUT2D eigenvalue weighted by Gasteiger charge is 2.13. The summed E-state index contributed by atoms with van der Waals surface area (Å²) in [5.41, 5.74) is 8.64. The maximum absolute atomic E-state index is 6.05. The van der Waals surface area contributed by atoms with Crippen molar-refractivity contribution in [2.75, 3.05) is 5.73 Å². The van der Waals surface area contributed by atoms with E-state index in [1.54, 1.807) is 6.07 Å². The molecule has 0 aliphatic rings. The van der Waals surface area contributed by atoms with E-state index in [9.17, 15) is 0 Å². The topological polar surface area (TPSA) is 52.0 Å². The highest BCUT2D eigenvalue weighted by atomic mass is 79.9. The number of para-hydroxylation sites is 2. The summed E-state index contributed by atoms with van der Waals surface area (Å²) in [6.45, 7) is 0. The van der Waals surface area contributed by atoms with Gasteiger partial charge in [-0.15, -0.1) is 0 Å². The smallest absolute Gasteiger partial charge is 0.229 e. The monoisotopic (exact) mass is 322 g/mol. The summed E-state index contributed by atoms with van der Waals surface area (Å²) in [6.07, 6.45) is 0. The van der Waals surface area contributed by atoms with E-state index < -0.39 is 0 Å². The average Bonchev–Trinajstić information content (AvgIpc) is 2.78. The second-order valence-electron chi connectivity index (χ2n) is 3.81. The SMILES string of the molecule is Nc1c(Br)cccc1-c1nc2cccc(Cl)c2o1. The van der Waals surface area contributed by atoms with Crippen LogP contribution < -0.4 is 5.73 Å². The Morgan fingerprint density at radius 2 is 1.94 bits per heavy atom. The van der Waals surface area contributed by atoms with Gasteiger partial charge in [0.1, 0.15) is 5.52 Å². The van der Waals surface area contributed by atoms with Crippen LogP contribution in [0.2, 0.25) is 5.02 Å². The molecule has 1 heterocycles. The van der Waals surface area contributed by atoms with Crippen molar-refractivity contribution < 1.29 is 4.42 Å². The quantitative estimate of drug-likeness (QED) is 0.671. The van der Waals surface area contributed by atoms with Crippen LogP contribution in [0.4, 0.5) is 5.69 Å². The number of nitrogens with zero attached hydrogens (tertiary/aromatic N) is 1. The van der Waals surface area contributed by atoms with E-state index in [2.05, 4.69) is 20.9 Å². The molecule has 0 aliphatic carbocycles. The lowest BCUT2D eigenvalue weighted by atomic mass is 10.2. The van der Waals surface area contributed by atoms with Gasteiger partial charge in [-0.1, -0.05) is 23.7 Å². The van der Waals surface area contributed by atoms with Crippen LogP contribution >= 0.6 is 27.5 Å². The first-order chi connectivity index (χ1) is 8.66. The van der Waals surface area contributed by atoms with Crippen LogP contribution in [0.25, 0.3) is 22.6 Å². The molecule has 2 aromatic carbocycles.